The Morgan fingerprint density at radius 2 is 0.800 bits per heavy atom. The molecule has 0 aliphatic carbocycles. The van der Waals surface area contributed by atoms with E-state index in [4.69, 9.17) is 0 Å². The molecule has 0 nitrogen and oxygen atoms in total. The summed E-state index contributed by atoms with van der Waals surface area (Å²) >= 11 is 0. The summed E-state index contributed by atoms with van der Waals surface area (Å²) in [7, 11) is 0. The molecule has 0 aliphatic heterocycles. The molecular weight excluding hydrogens is 240 g/mol. The molecule has 0 fully saturated rings. The highest BCUT2D eigenvalue weighted by Crippen LogP contribution is 2.09. The van der Waals surface area contributed by atoms with Gasteiger partial charge in [-0.25, -0.2) is 0 Å². The van der Waals surface area contributed by atoms with Gasteiger partial charge < -0.3 is 0 Å². The van der Waals surface area contributed by atoms with Crippen molar-refractivity contribution in [1.29, 1.82) is 0 Å². The summed E-state index contributed by atoms with van der Waals surface area (Å²) in [5.74, 6) is 0. The van der Waals surface area contributed by atoms with Crippen molar-refractivity contribution < 1.29 is 0 Å². The molecule has 0 aliphatic rings. The first-order chi connectivity index (χ1) is 9.91. The van der Waals surface area contributed by atoms with Crippen molar-refractivity contribution in [2.75, 3.05) is 0 Å². The molecule has 0 N–H and O–H groups in total. The maximum Gasteiger partial charge on any atom is -0.0348 e. The maximum atomic E-state index is 2.33. The molecule has 0 heterocycles. The topological polar surface area (TPSA) is 0 Å². The summed E-state index contributed by atoms with van der Waals surface area (Å²) in [6.45, 7) is 4.55. The number of hydrogen-bond acceptors (Lipinski definition) is 0. The Bertz CT molecular complexity index is 212. The highest BCUT2D eigenvalue weighted by molar-refractivity contribution is 5.02. The van der Waals surface area contributed by atoms with Gasteiger partial charge >= 0.3 is 0 Å². The molecule has 0 aromatic carbocycles. The molecule has 20 heavy (non-hydrogen) atoms. The van der Waals surface area contributed by atoms with Gasteiger partial charge in [0.1, 0.15) is 0 Å². The zero-order valence-corrected chi connectivity index (χ0v) is 14.2. The van der Waals surface area contributed by atoms with E-state index in [0.29, 0.717) is 0 Å². The van der Waals surface area contributed by atoms with Crippen LogP contribution in [0.3, 0.4) is 0 Å². The van der Waals surface area contributed by atoms with E-state index in [1.54, 1.807) is 0 Å². The fraction of sp³-hybridized carbons (Fsp3) is 0.800. The Labute approximate surface area is 128 Å². The Kier molecular flexibility index (Phi) is 18.0. The standard InChI is InChI=1S/C20H38/c1-3-5-7-9-11-13-15-17-19-20-18-16-14-12-10-8-6-4-2/h15,17,19-20H,3-14,16,18H2,1-2H3/b17-15+,20-19-. The molecule has 0 spiro atoms. The van der Waals surface area contributed by atoms with Crippen molar-refractivity contribution in [1.82, 2.24) is 0 Å². The van der Waals surface area contributed by atoms with Gasteiger partial charge in [0.25, 0.3) is 0 Å². The molecule has 0 aromatic rings. The van der Waals surface area contributed by atoms with Crippen LogP contribution in [0.1, 0.15) is 104 Å². The van der Waals surface area contributed by atoms with Crippen LogP contribution in [-0.2, 0) is 0 Å². The highest BCUT2D eigenvalue weighted by atomic mass is 14.0. The van der Waals surface area contributed by atoms with E-state index >= 15 is 0 Å². The van der Waals surface area contributed by atoms with Crippen LogP contribution in [0, 0.1) is 0 Å². The largest absolute Gasteiger partial charge is 0.0845 e. The van der Waals surface area contributed by atoms with E-state index in [2.05, 4.69) is 38.2 Å². The van der Waals surface area contributed by atoms with Gasteiger partial charge in [0, 0.05) is 0 Å². The Morgan fingerprint density at radius 3 is 1.20 bits per heavy atom. The zero-order chi connectivity index (χ0) is 14.7. The molecule has 0 saturated heterocycles. The van der Waals surface area contributed by atoms with E-state index in [-0.39, 0.29) is 0 Å². The van der Waals surface area contributed by atoms with Gasteiger partial charge in [-0.15, -0.1) is 0 Å². The minimum absolute atomic E-state index is 1.26. The van der Waals surface area contributed by atoms with E-state index in [9.17, 15) is 0 Å². The van der Waals surface area contributed by atoms with Crippen molar-refractivity contribution in [3.63, 3.8) is 0 Å². The van der Waals surface area contributed by atoms with Gasteiger partial charge in [0.15, 0.2) is 0 Å². The minimum Gasteiger partial charge on any atom is -0.0845 e. The van der Waals surface area contributed by atoms with E-state index in [0.717, 1.165) is 0 Å². The third kappa shape index (κ3) is 17.5. The summed E-state index contributed by atoms with van der Waals surface area (Å²) in [6, 6.07) is 0. The maximum absolute atomic E-state index is 2.33. The predicted molar refractivity (Wildman–Crippen MR) is 94.3 cm³/mol. The lowest BCUT2D eigenvalue weighted by molar-refractivity contribution is 0.592. The summed E-state index contributed by atoms with van der Waals surface area (Å²) in [6.07, 6.45) is 28.4. The molecule has 0 atom stereocenters. The van der Waals surface area contributed by atoms with Crippen LogP contribution in [-0.4, -0.2) is 0 Å². The molecule has 118 valence electrons. The second kappa shape index (κ2) is 18.5. The summed E-state index contributed by atoms with van der Waals surface area (Å²) < 4.78 is 0. The first-order valence-corrected chi connectivity index (χ1v) is 9.23. The molecule has 0 rings (SSSR count). The summed E-state index contributed by atoms with van der Waals surface area (Å²) in [4.78, 5) is 0. The van der Waals surface area contributed by atoms with Crippen LogP contribution in [0.5, 0.6) is 0 Å². The van der Waals surface area contributed by atoms with Gasteiger partial charge in [0.05, 0.1) is 0 Å². The molecule has 0 bridgehead atoms. The number of unbranched alkanes of at least 4 members (excludes halogenated alkanes) is 12. The van der Waals surface area contributed by atoms with Crippen molar-refractivity contribution in [3.05, 3.63) is 24.3 Å². The highest BCUT2D eigenvalue weighted by Gasteiger charge is 1.89. The fourth-order valence-corrected chi connectivity index (χ4v) is 2.43. The van der Waals surface area contributed by atoms with Crippen molar-refractivity contribution >= 4 is 0 Å². The lowest BCUT2D eigenvalue weighted by Gasteiger charge is -1.98. The normalized spacial score (nSPS) is 11.9. The number of hydrogen-bond donors (Lipinski definition) is 0. The van der Waals surface area contributed by atoms with Gasteiger partial charge in [0.2, 0.25) is 0 Å². The van der Waals surface area contributed by atoms with Crippen LogP contribution in [0.15, 0.2) is 24.3 Å². The van der Waals surface area contributed by atoms with Gasteiger partial charge in [-0.05, 0) is 25.7 Å². The lowest BCUT2D eigenvalue weighted by Crippen LogP contribution is -1.78. The number of allylic oxidation sites excluding steroid dienone is 4. The van der Waals surface area contributed by atoms with E-state index in [1.165, 1.54) is 89.9 Å². The lowest BCUT2D eigenvalue weighted by atomic mass is 10.1. The quantitative estimate of drug-likeness (QED) is 0.214. The molecule has 0 radical (unpaired) electrons. The van der Waals surface area contributed by atoms with Crippen LogP contribution in [0.4, 0.5) is 0 Å². The monoisotopic (exact) mass is 278 g/mol. The molecule has 0 heteroatoms. The molecule has 0 saturated carbocycles. The molecule has 0 unspecified atom stereocenters. The van der Waals surface area contributed by atoms with Gasteiger partial charge in [-0.2, -0.15) is 0 Å². The fourth-order valence-electron chi connectivity index (χ4n) is 2.43. The number of rotatable bonds is 15. The zero-order valence-electron chi connectivity index (χ0n) is 14.2. The molecule has 0 aromatic heterocycles. The summed E-state index contributed by atoms with van der Waals surface area (Å²) in [5, 5.41) is 0. The minimum atomic E-state index is 1.26. The third-order valence-corrected chi connectivity index (χ3v) is 3.83. The Morgan fingerprint density at radius 1 is 0.450 bits per heavy atom. The van der Waals surface area contributed by atoms with E-state index < -0.39 is 0 Å². The van der Waals surface area contributed by atoms with Gasteiger partial charge in [-0.1, -0.05) is 102 Å². The van der Waals surface area contributed by atoms with Crippen LogP contribution >= 0.6 is 0 Å². The first kappa shape index (κ1) is 19.5. The van der Waals surface area contributed by atoms with Crippen molar-refractivity contribution in [2.45, 2.75) is 104 Å². The molecular formula is C20H38. The third-order valence-electron chi connectivity index (χ3n) is 3.83. The van der Waals surface area contributed by atoms with Crippen molar-refractivity contribution in [3.8, 4) is 0 Å². The summed E-state index contributed by atoms with van der Waals surface area (Å²) in [5.41, 5.74) is 0. The van der Waals surface area contributed by atoms with Crippen LogP contribution in [0.2, 0.25) is 0 Å². The smallest absolute Gasteiger partial charge is 0.0348 e. The van der Waals surface area contributed by atoms with Crippen LogP contribution in [0.25, 0.3) is 0 Å². The van der Waals surface area contributed by atoms with Crippen molar-refractivity contribution in [2.24, 2.45) is 0 Å². The first-order valence-electron chi connectivity index (χ1n) is 9.23. The Hall–Kier alpha value is -0.520. The van der Waals surface area contributed by atoms with Gasteiger partial charge in [-0.3, -0.25) is 0 Å². The Balaban J connectivity index is 3.14. The van der Waals surface area contributed by atoms with E-state index in [1.807, 2.05) is 0 Å². The second-order valence-electron chi connectivity index (χ2n) is 5.97. The average molecular weight is 279 g/mol. The predicted octanol–water partition coefficient (Wildman–Crippen LogP) is 7.60. The molecule has 0 amide bonds. The second-order valence-corrected chi connectivity index (χ2v) is 5.97. The van der Waals surface area contributed by atoms with Crippen LogP contribution < -0.4 is 0 Å². The average Bonchev–Trinajstić information content (AvgIpc) is 2.47. The SMILES string of the molecule is CCCCCCC/C=C/C=C\CCCCCCCCC.